The van der Waals surface area contributed by atoms with Crippen LogP contribution in [0.15, 0.2) is 72.8 Å². The summed E-state index contributed by atoms with van der Waals surface area (Å²) in [7, 11) is 4.76. The van der Waals surface area contributed by atoms with Crippen molar-refractivity contribution in [1.82, 2.24) is 0 Å². The normalized spacial score (nSPS) is 11.4. The number of hydrogen-bond acceptors (Lipinski definition) is 4. The maximum absolute atomic E-state index is 13.8. The van der Waals surface area contributed by atoms with E-state index in [1.807, 2.05) is 42.5 Å². The quantitative estimate of drug-likeness (QED) is 0.286. The molecule has 168 valence electrons. The molecule has 0 fully saturated rings. The average Bonchev–Trinajstić information content (AvgIpc) is 2.85. The van der Waals surface area contributed by atoms with Crippen LogP contribution in [0.3, 0.4) is 0 Å². The number of rotatable bonds is 9. The standard InChI is InChI=1S/C28H25FO4/c1-31-24-15-9-20(10-16-24)8-11-22-18-25(32-2)19-28(33-3)26(22)17-14-23(30)13-12-21-6-4-5-7-27(21)29/h4-19H,1-3H3/b11-8+,13-12+,17-14+. The van der Waals surface area contributed by atoms with Crippen LogP contribution >= 0.6 is 0 Å². The summed E-state index contributed by atoms with van der Waals surface area (Å²) in [5, 5.41) is 0. The molecule has 3 aromatic rings. The Hall–Kier alpha value is -4.12. The Morgan fingerprint density at radius 2 is 1.42 bits per heavy atom. The van der Waals surface area contributed by atoms with Gasteiger partial charge in [0, 0.05) is 17.2 Å². The molecule has 0 bridgehead atoms. The molecule has 0 aliphatic rings. The second-order valence-corrected chi connectivity index (χ2v) is 7.03. The minimum absolute atomic E-state index is 0.277. The summed E-state index contributed by atoms with van der Waals surface area (Å²) >= 11 is 0. The summed E-state index contributed by atoms with van der Waals surface area (Å²) in [4.78, 5) is 12.4. The van der Waals surface area contributed by atoms with Crippen LogP contribution < -0.4 is 14.2 Å². The van der Waals surface area contributed by atoms with Crippen molar-refractivity contribution in [2.45, 2.75) is 0 Å². The lowest BCUT2D eigenvalue weighted by molar-refractivity contribution is -0.110. The summed E-state index contributed by atoms with van der Waals surface area (Å²) in [6.45, 7) is 0. The fourth-order valence-electron chi connectivity index (χ4n) is 3.13. The first-order chi connectivity index (χ1) is 16.0. The third-order valence-electron chi connectivity index (χ3n) is 4.92. The van der Waals surface area contributed by atoms with Crippen molar-refractivity contribution in [2.24, 2.45) is 0 Å². The fraction of sp³-hybridized carbons (Fsp3) is 0.107. The third-order valence-corrected chi connectivity index (χ3v) is 4.92. The van der Waals surface area contributed by atoms with Gasteiger partial charge in [-0.3, -0.25) is 4.79 Å². The molecular formula is C28H25FO4. The molecule has 33 heavy (non-hydrogen) atoms. The Balaban J connectivity index is 1.89. The first-order valence-corrected chi connectivity index (χ1v) is 10.3. The first kappa shape index (κ1) is 23.5. The van der Waals surface area contributed by atoms with Crippen molar-refractivity contribution >= 4 is 30.1 Å². The molecule has 0 unspecified atom stereocenters. The largest absolute Gasteiger partial charge is 0.497 e. The smallest absolute Gasteiger partial charge is 0.178 e. The maximum atomic E-state index is 13.8. The molecular weight excluding hydrogens is 419 g/mol. The maximum Gasteiger partial charge on any atom is 0.178 e. The molecule has 4 nitrogen and oxygen atoms in total. The molecule has 0 spiro atoms. The van der Waals surface area contributed by atoms with E-state index in [1.54, 1.807) is 51.7 Å². The zero-order valence-corrected chi connectivity index (χ0v) is 18.7. The van der Waals surface area contributed by atoms with E-state index in [-0.39, 0.29) is 11.6 Å². The van der Waals surface area contributed by atoms with Gasteiger partial charge in [-0.15, -0.1) is 0 Å². The number of ketones is 1. The number of halogens is 1. The monoisotopic (exact) mass is 444 g/mol. The number of carbonyl (C=O) groups is 1. The van der Waals surface area contributed by atoms with Crippen LogP contribution in [0.25, 0.3) is 24.3 Å². The van der Waals surface area contributed by atoms with Gasteiger partial charge in [0.25, 0.3) is 0 Å². The summed E-state index contributed by atoms with van der Waals surface area (Å²) < 4.78 is 29.9. The van der Waals surface area contributed by atoms with Gasteiger partial charge in [-0.1, -0.05) is 42.5 Å². The van der Waals surface area contributed by atoms with Crippen molar-refractivity contribution < 1.29 is 23.4 Å². The highest BCUT2D eigenvalue weighted by molar-refractivity contribution is 6.05. The van der Waals surface area contributed by atoms with Gasteiger partial charge < -0.3 is 14.2 Å². The van der Waals surface area contributed by atoms with Crippen LogP contribution in [0.2, 0.25) is 0 Å². The van der Waals surface area contributed by atoms with E-state index in [1.165, 1.54) is 24.3 Å². The lowest BCUT2D eigenvalue weighted by atomic mass is 10.0. The lowest BCUT2D eigenvalue weighted by Gasteiger charge is -2.11. The zero-order valence-electron chi connectivity index (χ0n) is 18.7. The highest BCUT2D eigenvalue weighted by Gasteiger charge is 2.09. The molecule has 0 saturated heterocycles. The van der Waals surface area contributed by atoms with Crippen molar-refractivity contribution in [1.29, 1.82) is 0 Å². The van der Waals surface area contributed by atoms with Gasteiger partial charge in [-0.25, -0.2) is 4.39 Å². The molecule has 0 N–H and O–H groups in total. The van der Waals surface area contributed by atoms with E-state index in [0.29, 0.717) is 17.1 Å². The van der Waals surface area contributed by atoms with Crippen molar-refractivity contribution in [3.05, 3.63) is 101 Å². The molecule has 0 saturated carbocycles. The Labute approximate surface area is 193 Å². The number of ether oxygens (including phenoxy) is 3. The number of hydrogen-bond donors (Lipinski definition) is 0. The second-order valence-electron chi connectivity index (χ2n) is 7.03. The highest BCUT2D eigenvalue weighted by atomic mass is 19.1. The molecule has 0 aliphatic heterocycles. The van der Waals surface area contributed by atoms with Crippen LogP contribution in [0.5, 0.6) is 17.2 Å². The van der Waals surface area contributed by atoms with Gasteiger partial charge in [0.2, 0.25) is 0 Å². The van der Waals surface area contributed by atoms with Crippen molar-refractivity contribution in [2.75, 3.05) is 21.3 Å². The van der Waals surface area contributed by atoms with Gasteiger partial charge in [0.05, 0.1) is 21.3 Å². The van der Waals surface area contributed by atoms with Crippen LogP contribution in [0, 0.1) is 5.82 Å². The van der Waals surface area contributed by atoms with E-state index >= 15 is 0 Å². The van der Waals surface area contributed by atoms with E-state index in [4.69, 9.17) is 14.2 Å². The first-order valence-electron chi connectivity index (χ1n) is 10.3. The fourth-order valence-corrected chi connectivity index (χ4v) is 3.13. The third kappa shape index (κ3) is 6.43. The van der Waals surface area contributed by atoms with Gasteiger partial charge >= 0.3 is 0 Å². The predicted octanol–water partition coefficient (Wildman–Crippen LogP) is 6.32. The lowest BCUT2D eigenvalue weighted by Crippen LogP contribution is -1.94. The average molecular weight is 445 g/mol. The second kappa shape index (κ2) is 11.5. The number of benzene rings is 3. The topological polar surface area (TPSA) is 44.8 Å². The molecule has 5 heteroatoms. The van der Waals surface area contributed by atoms with E-state index in [9.17, 15) is 9.18 Å². The Bertz CT molecular complexity index is 1190. The number of methoxy groups -OCH3 is 3. The minimum atomic E-state index is -0.381. The predicted molar refractivity (Wildman–Crippen MR) is 131 cm³/mol. The summed E-state index contributed by atoms with van der Waals surface area (Å²) in [6, 6.07) is 17.5. The highest BCUT2D eigenvalue weighted by Crippen LogP contribution is 2.31. The van der Waals surface area contributed by atoms with E-state index < -0.39 is 0 Å². The molecule has 0 heterocycles. The molecule has 0 atom stereocenters. The van der Waals surface area contributed by atoms with Crippen molar-refractivity contribution in [3.8, 4) is 17.2 Å². The van der Waals surface area contributed by atoms with Crippen LogP contribution in [0.1, 0.15) is 22.3 Å². The molecule has 0 aliphatic carbocycles. The summed E-state index contributed by atoms with van der Waals surface area (Å²) in [5.41, 5.74) is 2.86. The Morgan fingerprint density at radius 1 is 0.727 bits per heavy atom. The van der Waals surface area contributed by atoms with Gasteiger partial charge in [0.1, 0.15) is 23.1 Å². The SMILES string of the molecule is COc1ccc(/C=C/c2cc(OC)cc(OC)c2/C=C/C(=O)/C=C/c2ccccc2F)cc1. The van der Waals surface area contributed by atoms with Gasteiger partial charge in [-0.05, 0) is 59.7 Å². The van der Waals surface area contributed by atoms with E-state index in [0.717, 1.165) is 22.4 Å². The number of carbonyl (C=O) groups excluding carboxylic acids is 1. The van der Waals surface area contributed by atoms with Gasteiger partial charge in [-0.2, -0.15) is 0 Å². The Morgan fingerprint density at radius 3 is 2.09 bits per heavy atom. The van der Waals surface area contributed by atoms with Crippen molar-refractivity contribution in [3.63, 3.8) is 0 Å². The molecule has 3 aromatic carbocycles. The minimum Gasteiger partial charge on any atom is -0.497 e. The number of allylic oxidation sites excluding steroid dienone is 2. The van der Waals surface area contributed by atoms with Crippen LogP contribution in [0.4, 0.5) is 4.39 Å². The van der Waals surface area contributed by atoms with Gasteiger partial charge in [0.15, 0.2) is 5.78 Å². The molecule has 0 aromatic heterocycles. The summed E-state index contributed by atoms with van der Waals surface area (Å²) in [6.07, 6.45) is 9.76. The van der Waals surface area contributed by atoms with E-state index in [2.05, 4.69) is 0 Å². The molecule has 0 amide bonds. The molecule has 3 rings (SSSR count). The zero-order chi connectivity index (χ0) is 23.6. The summed E-state index contributed by atoms with van der Waals surface area (Å²) in [5.74, 6) is 1.31. The molecule has 0 radical (unpaired) electrons. The Kier molecular flexibility index (Phi) is 8.19. The van der Waals surface area contributed by atoms with Crippen LogP contribution in [-0.4, -0.2) is 27.1 Å². The van der Waals surface area contributed by atoms with Crippen LogP contribution in [-0.2, 0) is 4.79 Å².